The molecule has 0 aliphatic carbocycles. The zero-order valence-corrected chi connectivity index (χ0v) is 12.0. The van der Waals surface area contributed by atoms with E-state index in [1.807, 2.05) is 0 Å². The second-order valence-corrected chi connectivity index (χ2v) is 5.05. The number of hydrogen-bond acceptors (Lipinski definition) is 4. The molecule has 0 aliphatic rings. The number of unbranched alkanes of at least 4 members (excludes halogenated alkanes) is 1. The minimum Gasteiger partial charge on any atom is -0.481 e. The number of aryl methyl sites for hydroxylation is 1. The number of nitrogens with zero attached hydrogens (tertiary/aromatic N) is 2. The maximum Gasteiger partial charge on any atom is 0.303 e. The zero-order valence-electron chi connectivity index (χ0n) is 10.5. The summed E-state index contributed by atoms with van der Waals surface area (Å²) in [7, 11) is 0. The van der Waals surface area contributed by atoms with Crippen molar-refractivity contribution in [2.75, 3.05) is 0 Å². The lowest BCUT2D eigenvalue weighted by molar-refractivity contribution is -0.137. The molecule has 0 radical (unpaired) electrons. The smallest absolute Gasteiger partial charge is 0.303 e. The molecule has 20 heavy (non-hydrogen) atoms. The van der Waals surface area contributed by atoms with Crippen LogP contribution in [0.25, 0.3) is 11.5 Å². The monoisotopic (exact) mass is 314 g/mol. The molecule has 7 heteroatoms. The van der Waals surface area contributed by atoms with Gasteiger partial charge in [-0.05, 0) is 31.0 Å². The molecule has 0 saturated heterocycles. The lowest BCUT2D eigenvalue weighted by Crippen LogP contribution is -1.95. The van der Waals surface area contributed by atoms with Crippen molar-refractivity contribution in [3.05, 3.63) is 34.1 Å². The van der Waals surface area contributed by atoms with Gasteiger partial charge in [0.05, 0.1) is 10.0 Å². The molecule has 0 amide bonds. The second-order valence-electron chi connectivity index (χ2n) is 4.23. The SMILES string of the molecule is O=C(O)CCCCc1nnc(-c2ccc(Cl)c(Cl)c2)o1. The van der Waals surface area contributed by atoms with Crippen molar-refractivity contribution in [1.29, 1.82) is 0 Å². The summed E-state index contributed by atoms with van der Waals surface area (Å²) in [6.45, 7) is 0. The Bertz CT molecular complexity index is 613. The van der Waals surface area contributed by atoms with Crippen molar-refractivity contribution in [3.63, 3.8) is 0 Å². The first-order valence-electron chi connectivity index (χ1n) is 6.06. The molecular weight excluding hydrogens is 303 g/mol. The van der Waals surface area contributed by atoms with Gasteiger partial charge in [-0.1, -0.05) is 23.2 Å². The number of aliphatic carboxylic acids is 1. The summed E-state index contributed by atoms with van der Waals surface area (Å²) in [6, 6.07) is 5.07. The van der Waals surface area contributed by atoms with Crippen molar-refractivity contribution in [2.45, 2.75) is 25.7 Å². The number of aromatic nitrogens is 2. The number of halogens is 2. The van der Waals surface area contributed by atoms with Crippen LogP contribution in [0.4, 0.5) is 0 Å². The maximum atomic E-state index is 10.4. The van der Waals surface area contributed by atoms with Crippen LogP contribution in [0.2, 0.25) is 10.0 Å². The number of carbonyl (C=O) groups is 1. The lowest BCUT2D eigenvalue weighted by Gasteiger charge is -1.98. The van der Waals surface area contributed by atoms with E-state index in [-0.39, 0.29) is 6.42 Å². The highest BCUT2D eigenvalue weighted by Gasteiger charge is 2.10. The van der Waals surface area contributed by atoms with Gasteiger partial charge in [0.2, 0.25) is 11.8 Å². The molecule has 0 saturated carbocycles. The lowest BCUT2D eigenvalue weighted by atomic mass is 10.2. The Morgan fingerprint density at radius 1 is 1.20 bits per heavy atom. The summed E-state index contributed by atoms with van der Waals surface area (Å²) in [5.41, 5.74) is 0.698. The van der Waals surface area contributed by atoms with E-state index in [1.165, 1.54) is 0 Å². The molecule has 106 valence electrons. The zero-order chi connectivity index (χ0) is 14.5. The highest BCUT2D eigenvalue weighted by molar-refractivity contribution is 6.42. The van der Waals surface area contributed by atoms with E-state index in [2.05, 4.69) is 10.2 Å². The van der Waals surface area contributed by atoms with Gasteiger partial charge < -0.3 is 9.52 Å². The summed E-state index contributed by atoms with van der Waals surface area (Å²) in [4.78, 5) is 10.4. The van der Waals surface area contributed by atoms with E-state index >= 15 is 0 Å². The van der Waals surface area contributed by atoms with Crippen molar-refractivity contribution >= 4 is 29.2 Å². The number of rotatable bonds is 6. The molecule has 0 atom stereocenters. The first kappa shape index (κ1) is 14.8. The Balaban J connectivity index is 1.97. The standard InChI is InChI=1S/C13H12Cl2N2O3/c14-9-6-5-8(7-10(9)15)13-17-16-11(20-13)3-1-2-4-12(18)19/h5-7H,1-4H2,(H,18,19). The number of benzene rings is 1. The largest absolute Gasteiger partial charge is 0.481 e. The minimum atomic E-state index is -0.799. The summed E-state index contributed by atoms with van der Waals surface area (Å²) in [5, 5.41) is 17.3. The van der Waals surface area contributed by atoms with Gasteiger partial charge in [-0.25, -0.2) is 0 Å². The van der Waals surface area contributed by atoms with Crippen LogP contribution < -0.4 is 0 Å². The van der Waals surface area contributed by atoms with E-state index in [9.17, 15) is 4.79 Å². The van der Waals surface area contributed by atoms with Crippen LogP contribution in [-0.2, 0) is 11.2 Å². The van der Waals surface area contributed by atoms with Gasteiger partial charge in [0.1, 0.15) is 0 Å². The summed E-state index contributed by atoms with van der Waals surface area (Å²) in [6.07, 6.45) is 1.98. The van der Waals surface area contributed by atoms with E-state index < -0.39 is 5.97 Å². The fraction of sp³-hybridized carbons (Fsp3) is 0.308. The molecule has 0 fully saturated rings. The Morgan fingerprint density at radius 2 is 2.00 bits per heavy atom. The topological polar surface area (TPSA) is 76.2 Å². The van der Waals surface area contributed by atoms with Crippen molar-refractivity contribution < 1.29 is 14.3 Å². The van der Waals surface area contributed by atoms with E-state index in [1.54, 1.807) is 18.2 Å². The molecule has 0 bridgehead atoms. The normalized spacial score (nSPS) is 10.7. The van der Waals surface area contributed by atoms with Gasteiger partial charge in [0, 0.05) is 18.4 Å². The van der Waals surface area contributed by atoms with Gasteiger partial charge >= 0.3 is 5.97 Å². The fourth-order valence-electron chi connectivity index (χ4n) is 1.65. The second kappa shape index (κ2) is 6.72. The molecule has 1 heterocycles. The predicted molar refractivity (Wildman–Crippen MR) is 74.9 cm³/mol. The summed E-state index contributed by atoms with van der Waals surface area (Å²) < 4.78 is 5.50. The summed E-state index contributed by atoms with van der Waals surface area (Å²) >= 11 is 11.8. The molecule has 0 unspecified atom stereocenters. The van der Waals surface area contributed by atoms with E-state index in [0.29, 0.717) is 46.7 Å². The number of carboxylic acid groups (broad SMARTS) is 1. The van der Waals surface area contributed by atoms with Gasteiger partial charge in [-0.2, -0.15) is 0 Å². The van der Waals surface area contributed by atoms with Crippen molar-refractivity contribution in [1.82, 2.24) is 10.2 Å². The molecule has 1 N–H and O–H groups in total. The third-order valence-corrected chi connectivity index (χ3v) is 3.40. The van der Waals surface area contributed by atoms with Gasteiger partial charge in [-0.3, -0.25) is 4.79 Å². The molecular formula is C13H12Cl2N2O3. The molecule has 0 aliphatic heterocycles. The van der Waals surface area contributed by atoms with Crippen LogP contribution in [0.3, 0.4) is 0 Å². The van der Waals surface area contributed by atoms with E-state index in [0.717, 1.165) is 0 Å². The van der Waals surface area contributed by atoms with Crippen LogP contribution in [-0.4, -0.2) is 21.3 Å². The maximum absolute atomic E-state index is 10.4. The number of hydrogen-bond donors (Lipinski definition) is 1. The van der Waals surface area contributed by atoms with Crippen LogP contribution in [0.1, 0.15) is 25.2 Å². The van der Waals surface area contributed by atoms with Gasteiger partial charge in [0.25, 0.3) is 0 Å². The molecule has 2 rings (SSSR count). The molecule has 5 nitrogen and oxygen atoms in total. The van der Waals surface area contributed by atoms with E-state index in [4.69, 9.17) is 32.7 Å². The Morgan fingerprint density at radius 3 is 2.70 bits per heavy atom. The number of carboxylic acids is 1. The Labute approximate surface area is 125 Å². The third kappa shape index (κ3) is 3.95. The molecule has 2 aromatic rings. The quantitative estimate of drug-likeness (QED) is 0.820. The van der Waals surface area contributed by atoms with Crippen LogP contribution in [0.15, 0.2) is 22.6 Å². The van der Waals surface area contributed by atoms with Crippen molar-refractivity contribution in [2.24, 2.45) is 0 Å². The van der Waals surface area contributed by atoms with Crippen LogP contribution >= 0.6 is 23.2 Å². The first-order valence-corrected chi connectivity index (χ1v) is 6.81. The third-order valence-electron chi connectivity index (χ3n) is 2.66. The van der Waals surface area contributed by atoms with Crippen LogP contribution in [0, 0.1) is 0 Å². The minimum absolute atomic E-state index is 0.147. The van der Waals surface area contributed by atoms with Crippen LogP contribution in [0.5, 0.6) is 0 Å². The Kier molecular flexibility index (Phi) is 4.98. The average molecular weight is 315 g/mol. The van der Waals surface area contributed by atoms with Gasteiger partial charge in [-0.15, -0.1) is 10.2 Å². The fourth-order valence-corrected chi connectivity index (χ4v) is 1.95. The van der Waals surface area contributed by atoms with Gasteiger partial charge in [0.15, 0.2) is 0 Å². The highest BCUT2D eigenvalue weighted by atomic mass is 35.5. The highest BCUT2D eigenvalue weighted by Crippen LogP contribution is 2.27. The molecule has 1 aromatic carbocycles. The van der Waals surface area contributed by atoms with Crippen molar-refractivity contribution in [3.8, 4) is 11.5 Å². The average Bonchev–Trinajstić information content (AvgIpc) is 2.86. The molecule has 1 aromatic heterocycles. The molecule has 0 spiro atoms. The predicted octanol–water partition coefficient (Wildman–Crippen LogP) is 3.84. The Hall–Kier alpha value is -1.59. The first-order chi connectivity index (χ1) is 9.56. The summed E-state index contributed by atoms with van der Waals surface area (Å²) in [5.74, 6) is 0.0558.